The van der Waals surface area contributed by atoms with E-state index >= 15 is 0 Å². The van der Waals surface area contributed by atoms with Gasteiger partial charge < -0.3 is 10.1 Å². The molecule has 1 heterocycles. The van der Waals surface area contributed by atoms with Crippen LogP contribution in [0.1, 0.15) is 6.42 Å². The first kappa shape index (κ1) is 12.1. The number of imide groups is 1. The van der Waals surface area contributed by atoms with Crippen molar-refractivity contribution in [2.24, 2.45) is 0 Å². The second-order valence-corrected chi connectivity index (χ2v) is 3.55. The van der Waals surface area contributed by atoms with E-state index in [0.29, 0.717) is 10.3 Å². The number of hydrogen-bond acceptors (Lipinski definition) is 3. The van der Waals surface area contributed by atoms with Crippen molar-refractivity contribution < 1.29 is 18.7 Å². The molecule has 1 aliphatic rings. The van der Waals surface area contributed by atoms with Crippen molar-refractivity contribution in [1.82, 2.24) is 9.24 Å². The van der Waals surface area contributed by atoms with Gasteiger partial charge in [-0.25, -0.2) is 9.18 Å². The Kier molecular flexibility index (Phi) is 4.22. The average Bonchev–Trinajstić information content (AvgIpc) is 2.23. The van der Waals surface area contributed by atoms with Crippen LogP contribution < -0.4 is 5.32 Å². The molecule has 2 atom stereocenters. The highest BCUT2D eigenvalue weighted by molar-refractivity contribution is 9.08. The van der Waals surface area contributed by atoms with Crippen LogP contribution in [0.3, 0.4) is 0 Å². The van der Waals surface area contributed by atoms with E-state index in [9.17, 15) is 14.0 Å². The molecule has 0 spiro atoms. The van der Waals surface area contributed by atoms with Gasteiger partial charge in [-0.3, -0.25) is 4.79 Å². The SMILES string of the molecule is C=CCCO[C@@H]1NC(=O)N(Br)C(=O)[C@H]1F. The van der Waals surface area contributed by atoms with Crippen LogP contribution in [0.25, 0.3) is 0 Å². The van der Waals surface area contributed by atoms with E-state index in [0.717, 1.165) is 0 Å². The summed E-state index contributed by atoms with van der Waals surface area (Å²) in [4.78, 5) is 22.2. The van der Waals surface area contributed by atoms with Gasteiger partial charge in [0, 0.05) is 0 Å². The Morgan fingerprint density at radius 3 is 2.93 bits per heavy atom. The molecule has 0 bridgehead atoms. The first-order chi connectivity index (χ1) is 7.07. The predicted octanol–water partition coefficient (Wildman–Crippen LogP) is 1.11. The molecule has 1 rings (SSSR count). The molecule has 1 fully saturated rings. The zero-order valence-corrected chi connectivity index (χ0v) is 9.37. The highest BCUT2D eigenvalue weighted by atomic mass is 79.9. The second kappa shape index (κ2) is 5.22. The Balaban J connectivity index is 2.54. The Morgan fingerprint density at radius 1 is 1.67 bits per heavy atom. The zero-order chi connectivity index (χ0) is 11.4. The fraction of sp³-hybridized carbons (Fsp3) is 0.500. The minimum Gasteiger partial charge on any atom is -0.354 e. The highest BCUT2D eigenvalue weighted by Gasteiger charge is 2.41. The number of halogens is 2. The van der Waals surface area contributed by atoms with Gasteiger partial charge in [0.2, 0.25) is 6.17 Å². The third-order valence-electron chi connectivity index (χ3n) is 1.76. The van der Waals surface area contributed by atoms with Crippen LogP contribution in [0.5, 0.6) is 0 Å². The molecule has 0 aromatic rings. The Bertz CT molecular complexity index is 287. The van der Waals surface area contributed by atoms with Crippen molar-refractivity contribution in [3.63, 3.8) is 0 Å². The summed E-state index contributed by atoms with van der Waals surface area (Å²) in [6.45, 7) is 3.66. The average molecular weight is 281 g/mol. The summed E-state index contributed by atoms with van der Waals surface area (Å²) in [7, 11) is 0. The molecule has 0 aromatic heterocycles. The van der Waals surface area contributed by atoms with E-state index in [1.807, 2.05) is 0 Å². The lowest BCUT2D eigenvalue weighted by molar-refractivity contribution is -0.139. The predicted molar refractivity (Wildman–Crippen MR) is 53.8 cm³/mol. The van der Waals surface area contributed by atoms with Gasteiger partial charge in [-0.2, -0.15) is 3.93 Å². The number of rotatable bonds is 4. The number of urea groups is 1. The Morgan fingerprint density at radius 2 is 2.33 bits per heavy atom. The van der Waals surface area contributed by atoms with Gasteiger partial charge >= 0.3 is 6.03 Å². The second-order valence-electron chi connectivity index (χ2n) is 2.84. The molecule has 15 heavy (non-hydrogen) atoms. The summed E-state index contributed by atoms with van der Waals surface area (Å²) >= 11 is 2.63. The van der Waals surface area contributed by atoms with Gasteiger partial charge in [-0.05, 0) is 6.42 Å². The van der Waals surface area contributed by atoms with E-state index in [1.165, 1.54) is 0 Å². The summed E-state index contributed by atoms with van der Waals surface area (Å²) in [6.07, 6.45) is -1.01. The maximum Gasteiger partial charge on any atom is 0.336 e. The molecule has 5 nitrogen and oxygen atoms in total. The van der Waals surface area contributed by atoms with Crippen LogP contribution in [0.4, 0.5) is 9.18 Å². The summed E-state index contributed by atoms with van der Waals surface area (Å²) in [5.74, 6) is -0.970. The van der Waals surface area contributed by atoms with Crippen LogP contribution in [-0.2, 0) is 9.53 Å². The highest BCUT2D eigenvalue weighted by Crippen LogP contribution is 2.16. The summed E-state index contributed by atoms with van der Waals surface area (Å²) in [5, 5.41) is 2.19. The smallest absolute Gasteiger partial charge is 0.336 e. The van der Waals surface area contributed by atoms with Crippen molar-refractivity contribution in [3.05, 3.63) is 12.7 Å². The number of nitrogens with one attached hydrogen (secondary N) is 1. The van der Waals surface area contributed by atoms with Crippen LogP contribution in [0, 0.1) is 0 Å². The van der Waals surface area contributed by atoms with Gasteiger partial charge in [0.25, 0.3) is 5.91 Å². The molecule has 0 aliphatic carbocycles. The number of hydrogen-bond donors (Lipinski definition) is 1. The number of carbonyl (C=O) groups is 2. The zero-order valence-electron chi connectivity index (χ0n) is 7.78. The number of alkyl halides is 1. The summed E-state index contributed by atoms with van der Waals surface area (Å²) < 4.78 is 18.8. The molecule has 3 amide bonds. The van der Waals surface area contributed by atoms with E-state index in [-0.39, 0.29) is 6.61 Å². The van der Waals surface area contributed by atoms with Crippen molar-refractivity contribution in [1.29, 1.82) is 0 Å². The van der Waals surface area contributed by atoms with Gasteiger partial charge in [-0.15, -0.1) is 6.58 Å². The first-order valence-electron chi connectivity index (χ1n) is 4.24. The monoisotopic (exact) mass is 280 g/mol. The van der Waals surface area contributed by atoms with E-state index in [1.54, 1.807) is 6.08 Å². The first-order valence-corrected chi connectivity index (χ1v) is 4.95. The normalized spacial score (nSPS) is 26.4. The molecule has 0 unspecified atom stereocenters. The van der Waals surface area contributed by atoms with Crippen molar-refractivity contribution in [2.75, 3.05) is 6.61 Å². The molecular formula is C8H10BrFN2O3. The lowest BCUT2D eigenvalue weighted by Crippen LogP contribution is -2.59. The lowest BCUT2D eigenvalue weighted by Gasteiger charge is -2.29. The van der Waals surface area contributed by atoms with Crippen molar-refractivity contribution in [2.45, 2.75) is 18.8 Å². The summed E-state index contributed by atoms with van der Waals surface area (Å²) in [6, 6.07) is -0.738. The third-order valence-corrected chi connectivity index (χ3v) is 2.43. The van der Waals surface area contributed by atoms with Crippen molar-refractivity contribution in [3.8, 4) is 0 Å². The fourth-order valence-electron chi connectivity index (χ4n) is 0.994. The molecule has 1 aliphatic heterocycles. The summed E-state index contributed by atoms with van der Waals surface area (Å²) in [5.41, 5.74) is 0. The van der Waals surface area contributed by atoms with E-state index < -0.39 is 24.3 Å². The van der Waals surface area contributed by atoms with Gasteiger partial charge in [-0.1, -0.05) is 6.08 Å². The molecule has 7 heteroatoms. The topological polar surface area (TPSA) is 58.6 Å². The largest absolute Gasteiger partial charge is 0.354 e. The molecule has 84 valence electrons. The molecule has 0 radical (unpaired) electrons. The lowest BCUT2D eigenvalue weighted by atomic mass is 10.3. The number of nitrogens with zero attached hydrogens (tertiary/aromatic N) is 1. The van der Waals surface area contributed by atoms with Crippen LogP contribution in [0.15, 0.2) is 12.7 Å². The molecule has 0 saturated carbocycles. The maximum absolute atomic E-state index is 13.3. The van der Waals surface area contributed by atoms with Crippen LogP contribution in [0.2, 0.25) is 0 Å². The van der Waals surface area contributed by atoms with Crippen LogP contribution >= 0.6 is 16.1 Å². The maximum atomic E-state index is 13.3. The molecule has 0 aromatic carbocycles. The van der Waals surface area contributed by atoms with E-state index in [4.69, 9.17) is 4.74 Å². The van der Waals surface area contributed by atoms with Gasteiger partial charge in [0.15, 0.2) is 6.23 Å². The van der Waals surface area contributed by atoms with Crippen molar-refractivity contribution >= 4 is 28.1 Å². The minimum atomic E-state index is -1.90. The van der Waals surface area contributed by atoms with E-state index in [2.05, 4.69) is 28.0 Å². The standard InChI is InChI=1S/C8H10BrFN2O3/c1-2-3-4-15-6-5(10)7(13)12(9)8(14)11-6/h2,5-6H,1,3-4H2,(H,11,14)/t5-,6-/m0/s1. The number of amides is 3. The van der Waals surface area contributed by atoms with Gasteiger partial charge in [0.05, 0.1) is 22.8 Å². The molecule has 1 N–H and O–H groups in total. The minimum absolute atomic E-state index is 0.199. The fourth-order valence-corrected chi connectivity index (χ4v) is 1.29. The Hall–Kier alpha value is -0.950. The van der Waals surface area contributed by atoms with Gasteiger partial charge in [0.1, 0.15) is 0 Å². The van der Waals surface area contributed by atoms with Crippen LogP contribution in [-0.4, -0.2) is 34.9 Å². The molecule has 1 saturated heterocycles. The quantitative estimate of drug-likeness (QED) is 0.477. The number of carbonyl (C=O) groups excluding carboxylic acids is 2. The third kappa shape index (κ3) is 2.75. The number of ether oxygens (including phenoxy) is 1. The Labute approximate surface area is 94.6 Å². The molecular weight excluding hydrogens is 271 g/mol.